The third-order valence-corrected chi connectivity index (χ3v) is 5.79. The van der Waals surface area contributed by atoms with Crippen molar-refractivity contribution < 1.29 is 14.3 Å². The van der Waals surface area contributed by atoms with E-state index in [0.717, 1.165) is 47.2 Å². The van der Waals surface area contributed by atoms with Crippen LogP contribution in [0.3, 0.4) is 0 Å². The van der Waals surface area contributed by atoms with E-state index >= 15 is 0 Å². The third kappa shape index (κ3) is 4.96. The van der Waals surface area contributed by atoms with Gasteiger partial charge in [0.05, 0.1) is 12.0 Å². The first-order valence-corrected chi connectivity index (χ1v) is 10.7. The summed E-state index contributed by atoms with van der Waals surface area (Å²) in [5.41, 5.74) is 2.89. The summed E-state index contributed by atoms with van der Waals surface area (Å²) in [4.78, 5) is 26.6. The van der Waals surface area contributed by atoms with Crippen LogP contribution < -0.4 is 5.32 Å². The van der Waals surface area contributed by atoms with Gasteiger partial charge >= 0.3 is 6.09 Å². The number of nitrogens with zero attached hydrogens (tertiary/aromatic N) is 3. The highest BCUT2D eigenvalue weighted by atomic mass is 16.6. The number of rotatable bonds is 7. The van der Waals surface area contributed by atoms with Gasteiger partial charge in [-0.25, -0.2) is 14.8 Å². The number of amides is 1. The van der Waals surface area contributed by atoms with E-state index in [4.69, 9.17) is 9.47 Å². The first-order chi connectivity index (χ1) is 15.2. The van der Waals surface area contributed by atoms with Crippen LogP contribution in [0, 0.1) is 0 Å². The maximum atomic E-state index is 12.8. The van der Waals surface area contributed by atoms with Gasteiger partial charge in [0.15, 0.2) is 0 Å². The van der Waals surface area contributed by atoms with Gasteiger partial charge in [0.1, 0.15) is 24.4 Å². The number of carbonyl (C=O) groups is 1. The summed E-state index contributed by atoms with van der Waals surface area (Å²) >= 11 is 0. The van der Waals surface area contributed by atoms with Crippen molar-refractivity contribution in [2.75, 3.05) is 25.6 Å². The van der Waals surface area contributed by atoms with Gasteiger partial charge in [-0.2, -0.15) is 0 Å². The Labute approximate surface area is 182 Å². The molecule has 3 heterocycles. The maximum Gasteiger partial charge on any atom is 0.410 e. The number of hydrogen-bond donors (Lipinski definition) is 2. The average molecular weight is 424 g/mol. The van der Waals surface area contributed by atoms with E-state index in [1.54, 1.807) is 13.4 Å². The number of benzene rings is 1. The molecule has 2 atom stereocenters. The molecule has 164 valence electrons. The van der Waals surface area contributed by atoms with Gasteiger partial charge in [-0.1, -0.05) is 30.3 Å². The molecule has 0 bridgehead atoms. The summed E-state index contributed by atoms with van der Waals surface area (Å²) in [6, 6.07) is 9.96. The number of hydrogen-bond acceptors (Lipinski definition) is 6. The van der Waals surface area contributed by atoms with Gasteiger partial charge in [0.2, 0.25) is 0 Å². The third-order valence-electron chi connectivity index (χ3n) is 5.79. The van der Waals surface area contributed by atoms with Crippen LogP contribution in [-0.4, -0.2) is 58.3 Å². The SMILES string of the molecule is COCCc1c[nH]c2ncnc(N[C@@H]3CC[C@H](C)N(C(=O)OCc4ccccc4)C3)c12. The number of likely N-dealkylation sites (tertiary alicyclic amines) is 1. The Balaban J connectivity index is 1.43. The minimum absolute atomic E-state index is 0.0868. The molecule has 3 aromatic rings. The number of ether oxygens (including phenoxy) is 2. The second-order valence-corrected chi connectivity index (χ2v) is 7.96. The van der Waals surface area contributed by atoms with Crippen LogP contribution in [0.15, 0.2) is 42.9 Å². The monoisotopic (exact) mass is 423 g/mol. The number of anilines is 1. The molecule has 1 amide bonds. The largest absolute Gasteiger partial charge is 0.445 e. The minimum atomic E-state index is -0.280. The Morgan fingerprint density at radius 2 is 2.10 bits per heavy atom. The zero-order chi connectivity index (χ0) is 21.6. The molecule has 1 aromatic carbocycles. The van der Waals surface area contributed by atoms with Gasteiger partial charge in [0, 0.05) is 31.9 Å². The van der Waals surface area contributed by atoms with Crippen LogP contribution in [-0.2, 0) is 22.5 Å². The molecule has 0 aliphatic carbocycles. The highest BCUT2D eigenvalue weighted by Gasteiger charge is 2.30. The summed E-state index contributed by atoms with van der Waals surface area (Å²) in [6.07, 6.45) is 5.86. The molecule has 1 aliphatic heterocycles. The first kappa shape index (κ1) is 21.1. The first-order valence-electron chi connectivity index (χ1n) is 10.7. The minimum Gasteiger partial charge on any atom is -0.445 e. The molecule has 0 saturated carbocycles. The molecule has 2 N–H and O–H groups in total. The Morgan fingerprint density at radius 1 is 1.26 bits per heavy atom. The van der Waals surface area contributed by atoms with Crippen molar-refractivity contribution in [2.24, 2.45) is 0 Å². The lowest BCUT2D eigenvalue weighted by Crippen LogP contribution is -2.49. The van der Waals surface area contributed by atoms with E-state index < -0.39 is 0 Å². The maximum absolute atomic E-state index is 12.8. The van der Waals surface area contributed by atoms with Crippen molar-refractivity contribution in [3.05, 3.63) is 54.0 Å². The van der Waals surface area contributed by atoms with Crippen LogP contribution in [0.5, 0.6) is 0 Å². The second-order valence-electron chi connectivity index (χ2n) is 7.96. The lowest BCUT2D eigenvalue weighted by Gasteiger charge is -2.37. The van der Waals surface area contributed by atoms with Crippen molar-refractivity contribution in [1.29, 1.82) is 0 Å². The number of nitrogens with one attached hydrogen (secondary N) is 2. The van der Waals surface area contributed by atoms with E-state index in [1.807, 2.05) is 41.4 Å². The molecule has 0 spiro atoms. The van der Waals surface area contributed by atoms with E-state index in [1.165, 1.54) is 0 Å². The smallest absolute Gasteiger partial charge is 0.410 e. The Hall–Kier alpha value is -3.13. The molecule has 1 saturated heterocycles. The van der Waals surface area contributed by atoms with Crippen molar-refractivity contribution in [3.63, 3.8) is 0 Å². The van der Waals surface area contributed by atoms with Gasteiger partial charge in [-0.05, 0) is 37.3 Å². The lowest BCUT2D eigenvalue weighted by atomic mass is 9.99. The number of piperidine rings is 1. The van der Waals surface area contributed by atoms with Crippen LogP contribution in [0.2, 0.25) is 0 Å². The molecule has 0 radical (unpaired) electrons. The zero-order valence-electron chi connectivity index (χ0n) is 18.0. The number of aromatic amines is 1. The van der Waals surface area contributed by atoms with Crippen LogP contribution in [0.4, 0.5) is 10.6 Å². The summed E-state index contributed by atoms with van der Waals surface area (Å²) in [5, 5.41) is 4.53. The standard InChI is InChI=1S/C23H29N5O3/c1-16-8-9-19(13-28(16)23(29)31-14-17-6-4-3-5-7-17)27-22-20-18(10-11-30-2)12-24-21(20)25-15-26-22/h3-7,12,15-16,19H,8-11,13-14H2,1-2H3,(H2,24,25,26,27)/t16-,19+/m0/s1. The van der Waals surface area contributed by atoms with Gasteiger partial charge < -0.3 is 24.7 Å². The van der Waals surface area contributed by atoms with Crippen molar-refractivity contribution >= 4 is 22.9 Å². The fourth-order valence-corrected chi connectivity index (χ4v) is 4.02. The molecular weight excluding hydrogens is 394 g/mol. The fourth-order valence-electron chi connectivity index (χ4n) is 4.02. The van der Waals surface area contributed by atoms with Gasteiger partial charge in [0.25, 0.3) is 0 Å². The Bertz CT molecular complexity index is 1010. The van der Waals surface area contributed by atoms with Crippen LogP contribution in [0.25, 0.3) is 11.0 Å². The summed E-state index contributed by atoms with van der Waals surface area (Å²) in [5.74, 6) is 0.787. The molecule has 1 aliphatic rings. The molecule has 2 aromatic heterocycles. The Morgan fingerprint density at radius 3 is 2.90 bits per heavy atom. The van der Waals surface area contributed by atoms with Crippen LogP contribution in [0.1, 0.15) is 30.9 Å². The molecule has 0 unspecified atom stereocenters. The molecule has 4 rings (SSSR count). The normalized spacial score (nSPS) is 18.8. The van der Waals surface area contributed by atoms with E-state index in [0.29, 0.717) is 13.2 Å². The molecule has 8 heteroatoms. The summed E-state index contributed by atoms with van der Waals surface area (Å²) in [6.45, 7) is 3.54. The number of fused-ring (bicyclic) bond motifs is 1. The highest BCUT2D eigenvalue weighted by Crippen LogP contribution is 2.27. The van der Waals surface area contributed by atoms with Crippen molar-refractivity contribution in [3.8, 4) is 0 Å². The predicted molar refractivity (Wildman–Crippen MR) is 119 cm³/mol. The quantitative estimate of drug-likeness (QED) is 0.601. The van der Waals surface area contributed by atoms with Gasteiger partial charge in [-0.15, -0.1) is 0 Å². The molecule has 8 nitrogen and oxygen atoms in total. The molecule has 31 heavy (non-hydrogen) atoms. The van der Waals surface area contributed by atoms with Crippen molar-refractivity contribution in [2.45, 2.75) is 44.9 Å². The molecular formula is C23H29N5O3. The topological polar surface area (TPSA) is 92.4 Å². The predicted octanol–water partition coefficient (Wildman–Crippen LogP) is 3.75. The highest BCUT2D eigenvalue weighted by molar-refractivity contribution is 5.90. The number of H-pyrrole nitrogens is 1. The second kappa shape index (κ2) is 9.78. The Kier molecular flexibility index (Phi) is 6.66. The summed E-state index contributed by atoms with van der Waals surface area (Å²) < 4.78 is 10.8. The number of aromatic nitrogens is 3. The number of methoxy groups -OCH3 is 1. The average Bonchev–Trinajstić information content (AvgIpc) is 3.22. The fraction of sp³-hybridized carbons (Fsp3) is 0.435. The van der Waals surface area contributed by atoms with E-state index in [2.05, 4.69) is 27.2 Å². The van der Waals surface area contributed by atoms with Crippen molar-refractivity contribution in [1.82, 2.24) is 19.9 Å². The van der Waals surface area contributed by atoms with Gasteiger partial charge in [-0.3, -0.25) is 0 Å². The van der Waals surface area contributed by atoms with E-state index in [-0.39, 0.29) is 24.8 Å². The lowest BCUT2D eigenvalue weighted by molar-refractivity contribution is 0.0696. The van der Waals surface area contributed by atoms with E-state index in [9.17, 15) is 4.79 Å². The molecule has 1 fully saturated rings. The van der Waals surface area contributed by atoms with Crippen LogP contribution >= 0.6 is 0 Å². The zero-order valence-corrected chi connectivity index (χ0v) is 18.0. The number of carbonyl (C=O) groups excluding carboxylic acids is 1. The summed E-state index contributed by atoms with van der Waals surface area (Å²) in [7, 11) is 1.69.